The van der Waals surface area contributed by atoms with Crippen molar-refractivity contribution in [3.8, 4) is 0 Å². The number of nitrogens with zero attached hydrogens (tertiary/aromatic N) is 4. The molecule has 5 heteroatoms. The van der Waals surface area contributed by atoms with Gasteiger partial charge in [0.05, 0.1) is 12.6 Å². The highest BCUT2D eigenvalue weighted by molar-refractivity contribution is 6.30. The van der Waals surface area contributed by atoms with Gasteiger partial charge in [-0.2, -0.15) is 5.11 Å². The van der Waals surface area contributed by atoms with Crippen molar-refractivity contribution in [2.75, 3.05) is 25.0 Å². The lowest BCUT2D eigenvalue weighted by Gasteiger charge is -2.27. The molecule has 0 spiro atoms. The molecule has 1 rings (SSSR count). The van der Waals surface area contributed by atoms with Crippen LogP contribution in [0.1, 0.15) is 27.7 Å². The van der Waals surface area contributed by atoms with E-state index < -0.39 is 0 Å². The normalized spacial score (nSPS) is 12.2. The SMILES string of the molecule is C/C=C(\C)N(CCN(C)/N=N\C(C)C)c1ccc(Cl)cc1. The highest BCUT2D eigenvalue weighted by Gasteiger charge is 2.09. The second-order valence-electron chi connectivity index (χ2n) is 5.24. The number of rotatable bonds is 7. The summed E-state index contributed by atoms with van der Waals surface area (Å²) >= 11 is 5.96. The molecule has 0 amide bonds. The molecule has 4 nitrogen and oxygen atoms in total. The smallest absolute Gasteiger partial charge is 0.0673 e. The Hall–Kier alpha value is -1.55. The minimum Gasteiger partial charge on any atom is -0.344 e. The molecule has 21 heavy (non-hydrogen) atoms. The van der Waals surface area contributed by atoms with Gasteiger partial charge in [-0.05, 0) is 52.0 Å². The summed E-state index contributed by atoms with van der Waals surface area (Å²) in [5.41, 5.74) is 2.33. The van der Waals surface area contributed by atoms with E-state index in [2.05, 4.69) is 28.2 Å². The van der Waals surface area contributed by atoms with Crippen LogP contribution in [0.3, 0.4) is 0 Å². The molecule has 116 valence electrons. The second kappa shape index (κ2) is 8.67. The molecular weight excluding hydrogens is 284 g/mol. The Kier molecular flexibility index (Phi) is 7.23. The van der Waals surface area contributed by atoms with Crippen LogP contribution < -0.4 is 4.90 Å². The standard InChI is InChI=1S/C16H25ClN4/c1-6-14(4)21(16-9-7-15(17)8-10-16)12-11-20(5)19-18-13(2)3/h6-10,13H,11-12H2,1-5H3/b14-6+,19-18-. The van der Waals surface area contributed by atoms with Gasteiger partial charge in [-0.1, -0.05) is 22.9 Å². The summed E-state index contributed by atoms with van der Waals surface area (Å²) in [6.07, 6.45) is 2.10. The molecule has 0 fully saturated rings. The molecular formula is C16H25ClN4. The first-order chi connectivity index (χ1) is 9.93. The van der Waals surface area contributed by atoms with Gasteiger partial charge in [0.25, 0.3) is 0 Å². The fraction of sp³-hybridized carbons (Fsp3) is 0.500. The maximum atomic E-state index is 5.96. The highest BCUT2D eigenvalue weighted by Crippen LogP contribution is 2.21. The van der Waals surface area contributed by atoms with E-state index in [1.807, 2.05) is 57.1 Å². The monoisotopic (exact) mass is 308 g/mol. The Morgan fingerprint density at radius 2 is 1.86 bits per heavy atom. The van der Waals surface area contributed by atoms with Crippen LogP contribution in [0.15, 0.2) is 46.4 Å². The van der Waals surface area contributed by atoms with Crippen molar-refractivity contribution < 1.29 is 0 Å². The Morgan fingerprint density at radius 1 is 1.24 bits per heavy atom. The summed E-state index contributed by atoms with van der Waals surface area (Å²) in [6, 6.07) is 8.11. The van der Waals surface area contributed by atoms with Crippen LogP contribution in [-0.2, 0) is 0 Å². The van der Waals surface area contributed by atoms with Gasteiger partial charge in [0.15, 0.2) is 0 Å². The number of anilines is 1. The topological polar surface area (TPSA) is 31.2 Å². The van der Waals surface area contributed by atoms with Crippen molar-refractivity contribution >= 4 is 17.3 Å². The fourth-order valence-electron chi connectivity index (χ4n) is 1.77. The number of halogens is 1. The quantitative estimate of drug-likeness (QED) is 0.536. The van der Waals surface area contributed by atoms with Gasteiger partial charge in [0.1, 0.15) is 0 Å². The first-order valence-electron chi connectivity index (χ1n) is 7.22. The molecule has 0 aliphatic carbocycles. The molecule has 0 bridgehead atoms. The third kappa shape index (κ3) is 6.17. The minimum absolute atomic E-state index is 0.220. The lowest BCUT2D eigenvalue weighted by atomic mass is 10.2. The van der Waals surface area contributed by atoms with Crippen molar-refractivity contribution in [1.82, 2.24) is 5.01 Å². The molecule has 0 radical (unpaired) electrons. The van der Waals surface area contributed by atoms with E-state index in [0.29, 0.717) is 0 Å². The number of hydrogen-bond donors (Lipinski definition) is 0. The van der Waals surface area contributed by atoms with Crippen LogP contribution in [0.4, 0.5) is 5.69 Å². The maximum absolute atomic E-state index is 5.96. The largest absolute Gasteiger partial charge is 0.344 e. The van der Waals surface area contributed by atoms with Gasteiger partial charge in [-0.25, -0.2) is 0 Å². The average molecular weight is 309 g/mol. The van der Waals surface area contributed by atoms with E-state index in [-0.39, 0.29) is 6.04 Å². The number of benzene rings is 1. The van der Waals surface area contributed by atoms with E-state index in [0.717, 1.165) is 23.8 Å². The van der Waals surface area contributed by atoms with Gasteiger partial charge in [-0.3, -0.25) is 5.01 Å². The zero-order valence-electron chi connectivity index (χ0n) is 13.5. The predicted octanol–water partition coefficient (Wildman–Crippen LogP) is 4.78. The molecule has 0 saturated heterocycles. The molecule has 0 aliphatic rings. The first kappa shape index (κ1) is 17.5. The lowest BCUT2D eigenvalue weighted by Crippen LogP contribution is -2.30. The lowest BCUT2D eigenvalue weighted by molar-refractivity contribution is 0.328. The zero-order chi connectivity index (χ0) is 15.8. The summed E-state index contributed by atoms with van der Waals surface area (Å²) in [5.74, 6) is 0. The Balaban J connectivity index is 2.74. The van der Waals surface area contributed by atoms with E-state index in [4.69, 9.17) is 11.6 Å². The van der Waals surface area contributed by atoms with Gasteiger partial charge >= 0.3 is 0 Å². The fourth-order valence-corrected chi connectivity index (χ4v) is 1.89. The van der Waals surface area contributed by atoms with Crippen LogP contribution in [0, 0.1) is 0 Å². The minimum atomic E-state index is 0.220. The molecule has 1 aromatic rings. The molecule has 0 aromatic heterocycles. The molecule has 0 unspecified atom stereocenters. The van der Waals surface area contributed by atoms with Gasteiger partial charge < -0.3 is 4.90 Å². The van der Waals surface area contributed by atoms with E-state index in [1.54, 1.807) is 0 Å². The third-order valence-electron chi connectivity index (χ3n) is 3.06. The molecule has 0 saturated carbocycles. The Bertz CT molecular complexity index is 480. The van der Waals surface area contributed by atoms with Crippen LogP contribution in [0.2, 0.25) is 5.02 Å². The number of allylic oxidation sites excluding steroid dienone is 2. The van der Waals surface area contributed by atoms with E-state index in [1.165, 1.54) is 5.70 Å². The molecule has 0 atom stereocenters. The number of hydrogen-bond acceptors (Lipinski definition) is 3. The van der Waals surface area contributed by atoms with E-state index >= 15 is 0 Å². The van der Waals surface area contributed by atoms with Crippen molar-refractivity contribution in [3.63, 3.8) is 0 Å². The van der Waals surface area contributed by atoms with Crippen molar-refractivity contribution in [1.29, 1.82) is 0 Å². The molecule has 0 N–H and O–H groups in total. The van der Waals surface area contributed by atoms with Gasteiger partial charge in [0.2, 0.25) is 0 Å². The summed E-state index contributed by atoms with van der Waals surface area (Å²) in [6.45, 7) is 9.81. The van der Waals surface area contributed by atoms with Gasteiger partial charge in [0, 0.05) is 30.0 Å². The Labute approximate surface area is 133 Å². The molecule has 1 aromatic carbocycles. The predicted molar refractivity (Wildman–Crippen MR) is 90.9 cm³/mol. The molecule has 0 aliphatic heterocycles. The van der Waals surface area contributed by atoms with Crippen molar-refractivity contribution in [2.45, 2.75) is 33.7 Å². The Morgan fingerprint density at radius 3 is 2.38 bits per heavy atom. The second-order valence-corrected chi connectivity index (χ2v) is 5.67. The van der Waals surface area contributed by atoms with E-state index in [9.17, 15) is 0 Å². The van der Waals surface area contributed by atoms with Crippen molar-refractivity contribution in [2.24, 2.45) is 10.3 Å². The van der Waals surface area contributed by atoms with Crippen LogP contribution >= 0.6 is 11.6 Å². The van der Waals surface area contributed by atoms with Crippen molar-refractivity contribution in [3.05, 3.63) is 41.1 Å². The summed E-state index contributed by atoms with van der Waals surface area (Å²) in [7, 11) is 1.94. The van der Waals surface area contributed by atoms with Crippen LogP contribution in [0.25, 0.3) is 0 Å². The summed E-state index contributed by atoms with van der Waals surface area (Å²) in [5, 5.41) is 10.9. The first-order valence-corrected chi connectivity index (χ1v) is 7.59. The molecule has 0 heterocycles. The highest BCUT2D eigenvalue weighted by atomic mass is 35.5. The van der Waals surface area contributed by atoms with Crippen LogP contribution in [-0.4, -0.2) is 31.2 Å². The number of likely N-dealkylation sites (N-methyl/N-ethyl adjacent to an activating group) is 1. The summed E-state index contributed by atoms with van der Waals surface area (Å²) in [4.78, 5) is 2.25. The zero-order valence-corrected chi connectivity index (χ0v) is 14.3. The van der Waals surface area contributed by atoms with Gasteiger partial charge in [-0.15, -0.1) is 0 Å². The average Bonchev–Trinajstić information content (AvgIpc) is 2.46. The third-order valence-corrected chi connectivity index (χ3v) is 3.32. The van der Waals surface area contributed by atoms with Crippen LogP contribution in [0.5, 0.6) is 0 Å². The maximum Gasteiger partial charge on any atom is 0.0673 e. The summed E-state index contributed by atoms with van der Waals surface area (Å²) < 4.78 is 0.